The van der Waals surface area contributed by atoms with Crippen molar-refractivity contribution in [2.75, 3.05) is 5.32 Å². The number of rotatable bonds is 9. The van der Waals surface area contributed by atoms with Gasteiger partial charge in [0.05, 0.1) is 0 Å². The maximum Gasteiger partial charge on any atom is 0.408 e. The van der Waals surface area contributed by atoms with Crippen LogP contribution in [0.15, 0.2) is 49.0 Å². The van der Waals surface area contributed by atoms with Gasteiger partial charge in [-0.3, -0.25) is 9.59 Å². The Morgan fingerprint density at radius 3 is 2.05 bits per heavy atom. The fraction of sp³-hybridized carbons (Fsp3) is 0.452. The third-order valence-electron chi connectivity index (χ3n) is 6.13. The minimum Gasteiger partial charge on any atom is -0.444 e. The van der Waals surface area contributed by atoms with E-state index in [0.29, 0.717) is 11.3 Å². The molecule has 0 radical (unpaired) electrons. The van der Waals surface area contributed by atoms with E-state index in [1.807, 2.05) is 84.0 Å². The molecule has 7 heteroatoms. The summed E-state index contributed by atoms with van der Waals surface area (Å²) in [6.45, 7) is 20.4. The summed E-state index contributed by atoms with van der Waals surface area (Å²) in [4.78, 5) is 42.4. The number of amides is 3. The Labute approximate surface area is 227 Å². The van der Waals surface area contributed by atoms with Crippen molar-refractivity contribution in [1.29, 1.82) is 0 Å². The van der Waals surface area contributed by atoms with Crippen molar-refractivity contribution in [3.05, 3.63) is 71.3 Å². The largest absolute Gasteiger partial charge is 0.444 e. The van der Waals surface area contributed by atoms with Gasteiger partial charge in [0.25, 0.3) is 5.91 Å². The number of nitrogens with one attached hydrogen (secondary N) is 2. The smallest absolute Gasteiger partial charge is 0.408 e. The molecule has 2 aromatic carbocycles. The van der Waals surface area contributed by atoms with Crippen molar-refractivity contribution in [3.63, 3.8) is 0 Å². The second kappa shape index (κ2) is 12.8. The van der Waals surface area contributed by atoms with E-state index in [1.54, 1.807) is 31.7 Å². The average Bonchev–Trinajstić information content (AvgIpc) is 2.81. The standard InChI is InChI=1S/C31H43N3O4/c1-11-23-16-13-17-24(18-23)27(28(35)32-26-21(6)14-12-15-22(26)7)34(20(4)5)29(36)25(19(2)3)33-30(37)38-31(8,9)10/h11-20,25,27H,1H2,2-10H3,(H,32,35)(H,33,37). The molecule has 2 N–H and O–H groups in total. The fourth-order valence-electron chi connectivity index (χ4n) is 4.29. The number of para-hydroxylation sites is 1. The van der Waals surface area contributed by atoms with Gasteiger partial charge in [-0.05, 0) is 82.7 Å². The van der Waals surface area contributed by atoms with Crippen LogP contribution in [0.2, 0.25) is 0 Å². The Morgan fingerprint density at radius 2 is 1.55 bits per heavy atom. The zero-order valence-electron chi connectivity index (χ0n) is 24.2. The van der Waals surface area contributed by atoms with Crippen molar-refractivity contribution in [1.82, 2.24) is 10.2 Å². The van der Waals surface area contributed by atoms with E-state index in [2.05, 4.69) is 17.2 Å². The topological polar surface area (TPSA) is 87.7 Å². The van der Waals surface area contributed by atoms with E-state index in [-0.39, 0.29) is 23.8 Å². The molecular formula is C31H43N3O4. The number of carbonyl (C=O) groups excluding carboxylic acids is 3. The van der Waals surface area contributed by atoms with Crippen molar-refractivity contribution < 1.29 is 19.1 Å². The molecule has 0 aromatic heterocycles. The lowest BCUT2D eigenvalue weighted by atomic mass is 9.96. The summed E-state index contributed by atoms with van der Waals surface area (Å²) in [5.41, 5.74) is 3.32. The zero-order valence-corrected chi connectivity index (χ0v) is 24.2. The number of hydrogen-bond donors (Lipinski definition) is 2. The molecule has 3 amide bonds. The Kier molecular flexibility index (Phi) is 10.3. The van der Waals surface area contributed by atoms with Gasteiger partial charge in [0.15, 0.2) is 0 Å². The molecular weight excluding hydrogens is 478 g/mol. The maximum atomic E-state index is 14.1. The number of aryl methyl sites for hydroxylation is 2. The summed E-state index contributed by atoms with van der Waals surface area (Å²) in [5, 5.41) is 5.82. The fourth-order valence-corrected chi connectivity index (χ4v) is 4.29. The first-order valence-electron chi connectivity index (χ1n) is 13.1. The normalized spacial score (nSPS) is 13.0. The van der Waals surface area contributed by atoms with Crippen molar-refractivity contribution in [3.8, 4) is 0 Å². The minimum atomic E-state index is -0.955. The van der Waals surface area contributed by atoms with Crippen LogP contribution in [0.5, 0.6) is 0 Å². The summed E-state index contributed by atoms with van der Waals surface area (Å²) in [6.07, 6.45) is 1.02. The highest BCUT2D eigenvalue weighted by Gasteiger charge is 2.39. The average molecular weight is 522 g/mol. The Balaban J connectivity index is 2.59. The SMILES string of the molecule is C=Cc1cccc(C(C(=O)Nc2c(C)cccc2C)N(C(=O)C(NC(=O)OC(C)(C)C)C(C)C)C(C)C)c1. The molecule has 0 saturated carbocycles. The van der Waals surface area contributed by atoms with Crippen LogP contribution in [-0.4, -0.2) is 40.5 Å². The molecule has 0 spiro atoms. The van der Waals surface area contributed by atoms with E-state index in [9.17, 15) is 14.4 Å². The molecule has 206 valence electrons. The molecule has 7 nitrogen and oxygen atoms in total. The predicted molar refractivity (Wildman–Crippen MR) is 154 cm³/mol. The lowest BCUT2D eigenvalue weighted by Crippen LogP contribution is -2.56. The van der Waals surface area contributed by atoms with Gasteiger partial charge in [0.2, 0.25) is 5.91 Å². The first-order chi connectivity index (χ1) is 17.7. The van der Waals surface area contributed by atoms with E-state index < -0.39 is 23.8 Å². The first kappa shape index (κ1) is 30.6. The summed E-state index contributed by atoms with van der Waals surface area (Å²) >= 11 is 0. The quantitative estimate of drug-likeness (QED) is 0.399. The number of nitrogens with zero attached hydrogens (tertiary/aromatic N) is 1. The Morgan fingerprint density at radius 1 is 0.974 bits per heavy atom. The Hall–Kier alpha value is -3.61. The third-order valence-corrected chi connectivity index (χ3v) is 6.13. The lowest BCUT2D eigenvalue weighted by Gasteiger charge is -2.38. The van der Waals surface area contributed by atoms with Gasteiger partial charge in [-0.25, -0.2) is 4.79 Å². The number of carbonyl (C=O) groups is 3. The molecule has 2 unspecified atom stereocenters. The summed E-state index contributed by atoms with van der Waals surface area (Å²) < 4.78 is 5.43. The first-order valence-corrected chi connectivity index (χ1v) is 13.1. The van der Waals surface area contributed by atoms with E-state index in [1.165, 1.54) is 0 Å². The zero-order chi connectivity index (χ0) is 28.8. The molecule has 0 aliphatic carbocycles. The van der Waals surface area contributed by atoms with Gasteiger partial charge >= 0.3 is 6.09 Å². The van der Waals surface area contributed by atoms with Gasteiger partial charge in [0.1, 0.15) is 17.7 Å². The summed E-state index contributed by atoms with van der Waals surface area (Å²) in [5.74, 6) is -0.963. The van der Waals surface area contributed by atoms with Gasteiger partial charge in [-0.1, -0.05) is 62.9 Å². The van der Waals surface area contributed by atoms with Crippen LogP contribution in [0.4, 0.5) is 10.5 Å². The van der Waals surface area contributed by atoms with Crippen LogP contribution in [-0.2, 0) is 14.3 Å². The molecule has 38 heavy (non-hydrogen) atoms. The summed E-state index contributed by atoms with van der Waals surface area (Å²) in [7, 11) is 0. The molecule has 0 fully saturated rings. The van der Waals surface area contributed by atoms with Crippen molar-refractivity contribution in [2.24, 2.45) is 5.92 Å². The van der Waals surface area contributed by atoms with Crippen LogP contribution < -0.4 is 10.6 Å². The maximum absolute atomic E-state index is 14.1. The lowest BCUT2D eigenvalue weighted by molar-refractivity contribution is -0.143. The molecule has 2 aromatic rings. The molecule has 0 saturated heterocycles. The van der Waals surface area contributed by atoms with Crippen LogP contribution in [0.1, 0.15) is 76.8 Å². The number of alkyl carbamates (subject to hydrolysis) is 1. The molecule has 0 aliphatic heterocycles. The highest BCUT2D eigenvalue weighted by Crippen LogP contribution is 2.30. The predicted octanol–water partition coefficient (Wildman–Crippen LogP) is 6.41. The number of hydrogen-bond acceptors (Lipinski definition) is 4. The van der Waals surface area contributed by atoms with E-state index >= 15 is 0 Å². The monoisotopic (exact) mass is 521 g/mol. The van der Waals surface area contributed by atoms with Crippen molar-refractivity contribution >= 4 is 29.7 Å². The highest BCUT2D eigenvalue weighted by atomic mass is 16.6. The van der Waals surface area contributed by atoms with Crippen LogP contribution >= 0.6 is 0 Å². The second-order valence-electron chi connectivity index (χ2n) is 11.2. The molecule has 2 atom stereocenters. The number of benzene rings is 2. The number of anilines is 1. The highest BCUT2D eigenvalue weighted by molar-refractivity contribution is 6.00. The van der Waals surface area contributed by atoms with Gasteiger partial charge in [-0.15, -0.1) is 0 Å². The van der Waals surface area contributed by atoms with Crippen LogP contribution in [0.3, 0.4) is 0 Å². The van der Waals surface area contributed by atoms with Gasteiger partial charge in [-0.2, -0.15) is 0 Å². The summed E-state index contributed by atoms with van der Waals surface area (Å²) in [6, 6.07) is 11.0. The molecule has 0 bridgehead atoms. The number of ether oxygens (including phenoxy) is 1. The van der Waals surface area contributed by atoms with Gasteiger partial charge in [0, 0.05) is 11.7 Å². The van der Waals surface area contributed by atoms with Crippen molar-refractivity contribution in [2.45, 2.75) is 86.0 Å². The Bertz CT molecular complexity index is 1140. The van der Waals surface area contributed by atoms with Crippen LogP contribution in [0.25, 0.3) is 6.08 Å². The van der Waals surface area contributed by atoms with E-state index in [4.69, 9.17) is 4.74 Å². The molecule has 0 aliphatic rings. The van der Waals surface area contributed by atoms with E-state index in [0.717, 1.165) is 16.7 Å². The van der Waals surface area contributed by atoms with Gasteiger partial charge < -0.3 is 20.3 Å². The second-order valence-corrected chi connectivity index (χ2v) is 11.2. The molecule has 2 rings (SSSR count). The third kappa shape index (κ3) is 7.94. The molecule has 0 heterocycles. The minimum absolute atomic E-state index is 0.252. The van der Waals surface area contributed by atoms with Crippen LogP contribution in [0, 0.1) is 19.8 Å².